The summed E-state index contributed by atoms with van der Waals surface area (Å²) >= 11 is 0. The second kappa shape index (κ2) is 7.30. The highest BCUT2D eigenvalue weighted by atomic mass is 32.2. The lowest BCUT2D eigenvalue weighted by atomic mass is 10.0. The van der Waals surface area contributed by atoms with Crippen LogP contribution in [0.1, 0.15) is 19.4 Å². The highest BCUT2D eigenvalue weighted by Crippen LogP contribution is 2.28. The maximum Gasteiger partial charge on any atom is 0.225 e. The van der Waals surface area contributed by atoms with Gasteiger partial charge in [0.25, 0.3) is 0 Å². The number of hydrogen-bond acceptors (Lipinski definition) is 4. The molecule has 0 bridgehead atoms. The Balaban J connectivity index is 1.72. The minimum atomic E-state index is -3.09. The number of amides is 1. The molecule has 1 amide bonds. The molecule has 0 unspecified atom stereocenters. The van der Waals surface area contributed by atoms with Gasteiger partial charge in [0.05, 0.1) is 17.5 Å². The van der Waals surface area contributed by atoms with Gasteiger partial charge in [-0.1, -0.05) is 56.3 Å². The summed E-state index contributed by atoms with van der Waals surface area (Å²) in [5.41, 5.74) is 1.13. The molecule has 6 heteroatoms. The van der Waals surface area contributed by atoms with Crippen molar-refractivity contribution in [1.82, 2.24) is 9.80 Å². The largest absolute Gasteiger partial charge is 0.336 e. The lowest BCUT2D eigenvalue weighted by molar-refractivity contribution is -0.140. The molecule has 2 aliphatic heterocycles. The van der Waals surface area contributed by atoms with Gasteiger partial charge in [-0.05, 0) is 5.56 Å². The molecule has 0 aromatic heterocycles. The van der Waals surface area contributed by atoms with Gasteiger partial charge < -0.3 is 4.90 Å². The molecule has 0 N–H and O–H groups in total. The maximum atomic E-state index is 12.5. The molecular weight excluding hydrogens is 336 g/mol. The van der Waals surface area contributed by atoms with Crippen molar-refractivity contribution < 1.29 is 13.2 Å². The first-order valence-electron chi connectivity index (χ1n) is 8.84. The molecule has 2 heterocycles. The SMILES string of the molecule is CC(C)C(=O)N1CCN(C/C=C/c2ccccc2)[C@H]2CS(=O)(=O)C[C@H]21. The molecule has 0 radical (unpaired) electrons. The highest BCUT2D eigenvalue weighted by Gasteiger charge is 2.47. The molecule has 2 atom stereocenters. The van der Waals surface area contributed by atoms with Gasteiger partial charge in [0.2, 0.25) is 5.91 Å². The minimum absolute atomic E-state index is 0.0616. The van der Waals surface area contributed by atoms with E-state index in [0.29, 0.717) is 19.6 Å². The average molecular weight is 362 g/mol. The number of carbonyl (C=O) groups is 1. The molecule has 0 spiro atoms. The van der Waals surface area contributed by atoms with Gasteiger partial charge in [0.15, 0.2) is 9.84 Å². The number of rotatable bonds is 4. The van der Waals surface area contributed by atoms with Crippen molar-refractivity contribution in [2.45, 2.75) is 25.9 Å². The van der Waals surface area contributed by atoms with Crippen LogP contribution < -0.4 is 0 Å². The summed E-state index contributed by atoms with van der Waals surface area (Å²) in [5.74, 6) is 0.202. The Bertz CT molecular complexity index is 743. The average Bonchev–Trinajstić information content (AvgIpc) is 2.90. The molecule has 0 saturated carbocycles. The number of nitrogens with zero attached hydrogens (tertiary/aromatic N) is 2. The third kappa shape index (κ3) is 4.12. The van der Waals surface area contributed by atoms with Gasteiger partial charge >= 0.3 is 0 Å². The number of hydrogen-bond donors (Lipinski definition) is 0. The molecule has 136 valence electrons. The second-order valence-corrected chi connectivity index (χ2v) is 9.36. The summed E-state index contributed by atoms with van der Waals surface area (Å²) in [5, 5.41) is 0. The summed E-state index contributed by atoms with van der Waals surface area (Å²) in [7, 11) is -3.09. The van der Waals surface area contributed by atoms with Crippen molar-refractivity contribution in [2.75, 3.05) is 31.1 Å². The Labute approximate surface area is 150 Å². The van der Waals surface area contributed by atoms with E-state index in [0.717, 1.165) is 5.56 Å². The van der Waals surface area contributed by atoms with Crippen LogP contribution in [0.3, 0.4) is 0 Å². The normalized spacial score (nSPS) is 26.3. The molecule has 25 heavy (non-hydrogen) atoms. The quantitative estimate of drug-likeness (QED) is 0.817. The summed E-state index contributed by atoms with van der Waals surface area (Å²) in [6.07, 6.45) is 4.14. The number of carbonyl (C=O) groups excluding carboxylic acids is 1. The third-order valence-corrected chi connectivity index (χ3v) is 6.72. The van der Waals surface area contributed by atoms with E-state index in [1.165, 1.54) is 0 Å². The van der Waals surface area contributed by atoms with E-state index >= 15 is 0 Å². The molecule has 2 aliphatic rings. The smallest absolute Gasteiger partial charge is 0.225 e. The Morgan fingerprint density at radius 2 is 1.84 bits per heavy atom. The van der Waals surface area contributed by atoms with Crippen molar-refractivity contribution in [3.63, 3.8) is 0 Å². The van der Waals surface area contributed by atoms with Crippen LogP contribution in [0.15, 0.2) is 36.4 Å². The molecule has 1 aromatic carbocycles. The fourth-order valence-corrected chi connectivity index (χ4v) is 5.76. The molecule has 2 fully saturated rings. The lowest BCUT2D eigenvalue weighted by Gasteiger charge is -2.44. The van der Waals surface area contributed by atoms with Gasteiger partial charge in [-0.25, -0.2) is 8.42 Å². The van der Waals surface area contributed by atoms with Crippen LogP contribution in [-0.4, -0.2) is 67.3 Å². The first-order chi connectivity index (χ1) is 11.9. The Morgan fingerprint density at radius 1 is 1.16 bits per heavy atom. The van der Waals surface area contributed by atoms with E-state index in [1.54, 1.807) is 4.90 Å². The number of sulfone groups is 1. The Morgan fingerprint density at radius 3 is 2.52 bits per heavy atom. The van der Waals surface area contributed by atoms with E-state index in [9.17, 15) is 13.2 Å². The van der Waals surface area contributed by atoms with Crippen LogP contribution >= 0.6 is 0 Å². The van der Waals surface area contributed by atoms with Crippen molar-refractivity contribution >= 4 is 21.8 Å². The van der Waals surface area contributed by atoms with Gasteiger partial charge in [-0.3, -0.25) is 9.69 Å². The van der Waals surface area contributed by atoms with Crippen molar-refractivity contribution in [3.8, 4) is 0 Å². The summed E-state index contributed by atoms with van der Waals surface area (Å²) in [6.45, 7) is 5.77. The van der Waals surface area contributed by atoms with Crippen molar-refractivity contribution in [3.05, 3.63) is 42.0 Å². The highest BCUT2D eigenvalue weighted by molar-refractivity contribution is 7.91. The zero-order valence-electron chi connectivity index (χ0n) is 14.8. The predicted molar refractivity (Wildman–Crippen MR) is 99.8 cm³/mol. The Hall–Kier alpha value is -1.66. The summed E-state index contributed by atoms with van der Waals surface area (Å²) in [6, 6.07) is 9.75. The van der Waals surface area contributed by atoms with E-state index in [2.05, 4.69) is 17.1 Å². The van der Waals surface area contributed by atoms with Crippen LogP contribution in [0.5, 0.6) is 0 Å². The van der Waals surface area contributed by atoms with E-state index in [-0.39, 0.29) is 35.4 Å². The third-order valence-electron chi connectivity index (χ3n) is 5.02. The van der Waals surface area contributed by atoms with Crippen molar-refractivity contribution in [1.29, 1.82) is 0 Å². The van der Waals surface area contributed by atoms with Gasteiger partial charge in [-0.2, -0.15) is 0 Å². The number of fused-ring (bicyclic) bond motifs is 1. The van der Waals surface area contributed by atoms with Gasteiger partial charge in [-0.15, -0.1) is 0 Å². The van der Waals surface area contributed by atoms with Crippen LogP contribution in [0.25, 0.3) is 6.08 Å². The van der Waals surface area contributed by atoms with Gasteiger partial charge in [0.1, 0.15) is 0 Å². The summed E-state index contributed by atoms with van der Waals surface area (Å²) in [4.78, 5) is 16.5. The molecule has 0 aliphatic carbocycles. The van der Waals surface area contributed by atoms with Crippen LogP contribution in [0.2, 0.25) is 0 Å². The van der Waals surface area contributed by atoms with Crippen molar-refractivity contribution in [2.24, 2.45) is 5.92 Å². The standard InChI is InChI=1S/C19H26N2O3S/c1-15(2)19(22)21-12-11-20(17-13-25(23,24)14-18(17)21)10-6-9-16-7-4-3-5-8-16/h3-9,15,17-18H,10-14H2,1-2H3/b9-6+/t17-,18+/m0/s1. The zero-order chi connectivity index (χ0) is 18.0. The molecule has 5 nitrogen and oxygen atoms in total. The van der Waals surface area contributed by atoms with E-state index < -0.39 is 9.84 Å². The topological polar surface area (TPSA) is 57.7 Å². The molecule has 2 saturated heterocycles. The zero-order valence-corrected chi connectivity index (χ0v) is 15.7. The maximum absolute atomic E-state index is 12.5. The first-order valence-corrected chi connectivity index (χ1v) is 10.7. The van der Waals surface area contributed by atoms with Gasteiger partial charge in [0, 0.05) is 31.6 Å². The number of benzene rings is 1. The first kappa shape index (κ1) is 18.1. The van der Waals surface area contributed by atoms with E-state index in [1.807, 2.05) is 44.2 Å². The monoisotopic (exact) mass is 362 g/mol. The minimum Gasteiger partial charge on any atom is -0.336 e. The predicted octanol–water partition coefficient (Wildman–Crippen LogP) is 1.67. The lowest BCUT2D eigenvalue weighted by Crippen LogP contribution is -2.61. The fraction of sp³-hybridized carbons (Fsp3) is 0.526. The molecule has 3 rings (SSSR count). The van der Waals surface area contributed by atoms with Crippen LogP contribution in [-0.2, 0) is 14.6 Å². The Kier molecular flexibility index (Phi) is 5.29. The molecular formula is C19H26N2O3S. The second-order valence-electron chi connectivity index (χ2n) is 7.21. The number of piperazine rings is 1. The fourth-order valence-electron chi connectivity index (χ4n) is 3.75. The summed E-state index contributed by atoms with van der Waals surface area (Å²) < 4.78 is 24.4. The van der Waals surface area contributed by atoms with Crippen LogP contribution in [0, 0.1) is 5.92 Å². The van der Waals surface area contributed by atoms with Crippen LogP contribution in [0.4, 0.5) is 0 Å². The molecule has 1 aromatic rings. The van der Waals surface area contributed by atoms with E-state index in [4.69, 9.17) is 0 Å².